The van der Waals surface area contributed by atoms with E-state index in [1.54, 1.807) is 27.7 Å². The third-order valence-corrected chi connectivity index (χ3v) is 2.90. The summed E-state index contributed by atoms with van der Waals surface area (Å²) in [5.41, 5.74) is -0.632. The molecular formula is C17H24N2O7. The normalized spacial score (nSPS) is 10.8. The number of anilines is 1. The Morgan fingerprint density at radius 2 is 1.96 bits per heavy atom. The standard InChI is InChI=1S/C17H24N2O7/c1-5-24-15(20)7-6-10-25-14-11-12(19(22)23)8-9-13(14)18-16(21)26-17(2,3)4/h8-9,11H,5-7,10H2,1-4H3,(H,18,21). The number of nitrogens with zero attached hydrogens (tertiary/aromatic N) is 1. The van der Waals surface area contributed by atoms with Gasteiger partial charge in [0, 0.05) is 12.5 Å². The molecule has 0 spiro atoms. The first-order chi connectivity index (χ1) is 12.1. The van der Waals surface area contributed by atoms with Crippen molar-refractivity contribution in [1.82, 2.24) is 0 Å². The molecule has 0 aliphatic rings. The van der Waals surface area contributed by atoms with Crippen molar-refractivity contribution in [2.75, 3.05) is 18.5 Å². The lowest BCUT2D eigenvalue weighted by Crippen LogP contribution is -2.27. The van der Waals surface area contributed by atoms with Crippen LogP contribution in [0.3, 0.4) is 0 Å². The zero-order valence-electron chi connectivity index (χ0n) is 15.4. The van der Waals surface area contributed by atoms with Crippen LogP contribution in [0.4, 0.5) is 16.2 Å². The molecule has 0 radical (unpaired) electrons. The topological polar surface area (TPSA) is 117 Å². The number of carbonyl (C=O) groups excluding carboxylic acids is 2. The highest BCUT2D eigenvalue weighted by molar-refractivity contribution is 5.87. The number of nitro groups is 1. The second kappa shape index (κ2) is 9.59. The highest BCUT2D eigenvalue weighted by Crippen LogP contribution is 2.30. The van der Waals surface area contributed by atoms with Crippen LogP contribution in [0, 0.1) is 10.1 Å². The van der Waals surface area contributed by atoms with E-state index < -0.39 is 16.6 Å². The third kappa shape index (κ3) is 7.82. The molecule has 1 aromatic carbocycles. The molecule has 9 heteroatoms. The SMILES string of the molecule is CCOC(=O)CCCOc1cc([N+](=O)[O-])ccc1NC(=O)OC(C)(C)C. The van der Waals surface area contributed by atoms with Crippen molar-refractivity contribution in [3.05, 3.63) is 28.3 Å². The summed E-state index contributed by atoms with van der Waals surface area (Å²) in [6.45, 7) is 7.29. The Morgan fingerprint density at radius 1 is 1.27 bits per heavy atom. The van der Waals surface area contributed by atoms with E-state index in [1.165, 1.54) is 18.2 Å². The molecule has 1 aromatic rings. The summed E-state index contributed by atoms with van der Waals surface area (Å²) in [5, 5.41) is 13.4. The van der Waals surface area contributed by atoms with Gasteiger partial charge in [0.15, 0.2) is 0 Å². The number of nitro benzene ring substituents is 1. The van der Waals surface area contributed by atoms with Gasteiger partial charge in [0.25, 0.3) is 5.69 Å². The molecule has 1 N–H and O–H groups in total. The number of benzene rings is 1. The molecule has 0 atom stereocenters. The molecule has 1 rings (SSSR count). The number of hydrogen-bond acceptors (Lipinski definition) is 7. The maximum atomic E-state index is 11.9. The van der Waals surface area contributed by atoms with Gasteiger partial charge in [-0.1, -0.05) is 0 Å². The van der Waals surface area contributed by atoms with Gasteiger partial charge in [-0.2, -0.15) is 0 Å². The number of carbonyl (C=O) groups is 2. The average molecular weight is 368 g/mol. The van der Waals surface area contributed by atoms with Crippen molar-refractivity contribution in [3.8, 4) is 5.75 Å². The van der Waals surface area contributed by atoms with Crippen LogP contribution in [0.15, 0.2) is 18.2 Å². The third-order valence-electron chi connectivity index (χ3n) is 2.90. The van der Waals surface area contributed by atoms with Crippen molar-refractivity contribution in [3.63, 3.8) is 0 Å². The molecule has 0 saturated carbocycles. The maximum absolute atomic E-state index is 11.9. The fraction of sp³-hybridized carbons (Fsp3) is 0.529. The Hall–Kier alpha value is -2.84. The molecule has 0 fully saturated rings. The molecule has 9 nitrogen and oxygen atoms in total. The van der Waals surface area contributed by atoms with Gasteiger partial charge in [-0.3, -0.25) is 20.2 Å². The van der Waals surface area contributed by atoms with Crippen LogP contribution in [0.2, 0.25) is 0 Å². The van der Waals surface area contributed by atoms with Gasteiger partial charge in [-0.15, -0.1) is 0 Å². The summed E-state index contributed by atoms with van der Waals surface area (Å²) < 4.78 is 15.5. The molecular weight excluding hydrogens is 344 g/mol. The number of ether oxygens (including phenoxy) is 3. The second-order valence-corrected chi connectivity index (χ2v) is 6.32. The van der Waals surface area contributed by atoms with Gasteiger partial charge >= 0.3 is 12.1 Å². The molecule has 0 aliphatic heterocycles. The van der Waals surface area contributed by atoms with E-state index in [0.29, 0.717) is 13.0 Å². The Morgan fingerprint density at radius 3 is 2.54 bits per heavy atom. The molecule has 0 saturated heterocycles. The van der Waals surface area contributed by atoms with Gasteiger partial charge < -0.3 is 14.2 Å². The van der Waals surface area contributed by atoms with Gasteiger partial charge in [-0.25, -0.2) is 4.79 Å². The predicted octanol–water partition coefficient (Wildman–Crippen LogP) is 3.66. The van der Waals surface area contributed by atoms with E-state index in [2.05, 4.69) is 5.32 Å². The number of amides is 1. The highest BCUT2D eigenvalue weighted by Gasteiger charge is 2.19. The van der Waals surface area contributed by atoms with E-state index >= 15 is 0 Å². The number of esters is 1. The van der Waals surface area contributed by atoms with Crippen molar-refractivity contribution < 1.29 is 28.7 Å². The van der Waals surface area contributed by atoms with E-state index in [4.69, 9.17) is 14.2 Å². The molecule has 0 aromatic heterocycles. The summed E-state index contributed by atoms with van der Waals surface area (Å²) in [7, 11) is 0. The van der Waals surface area contributed by atoms with E-state index in [-0.39, 0.29) is 36.1 Å². The number of non-ortho nitro benzene ring substituents is 1. The summed E-state index contributed by atoms with van der Waals surface area (Å²) in [5.74, 6) is -0.226. The monoisotopic (exact) mass is 368 g/mol. The first-order valence-corrected chi connectivity index (χ1v) is 8.19. The molecule has 26 heavy (non-hydrogen) atoms. The van der Waals surface area contributed by atoms with Gasteiger partial charge in [0.2, 0.25) is 0 Å². The summed E-state index contributed by atoms with van der Waals surface area (Å²) in [6, 6.07) is 3.82. The lowest BCUT2D eigenvalue weighted by molar-refractivity contribution is -0.384. The average Bonchev–Trinajstić information content (AvgIpc) is 2.51. The van der Waals surface area contributed by atoms with Crippen LogP contribution < -0.4 is 10.1 Å². The quantitative estimate of drug-likeness (QED) is 0.322. The number of rotatable bonds is 8. The fourth-order valence-corrected chi connectivity index (χ4v) is 1.89. The largest absolute Gasteiger partial charge is 0.491 e. The molecule has 0 unspecified atom stereocenters. The fourth-order valence-electron chi connectivity index (χ4n) is 1.89. The summed E-state index contributed by atoms with van der Waals surface area (Å²) in [6.07, 6.45) is -0.173. The minimum absolute atomic E-state index is 0.119. The van der Waals surface area contributed by atoms with E-state index in [9.17, 15) is 19.7 Å². The zero-order chi connectivity index (χ0) is 19.7. The van der Waals surface area contributed by atoms with Crippen molar-refractivity contribution in [2.45, 2.75) is 46.1 Å². The van der Waals surface area contributed by atoms with Crippen LogP contribution >= 0.6 is 0 Å². The number of hydrogen-bond donors (Lipinski definition) is 1. The molecule has 0 heterocycles. The predicted molar refractivity (Wildman–Crippen MR) is 94.3 cm³/mol. The van der Waals surface area contributed by atoms with Crippen molar-refractivity contribution >= 4 is 23.4 Å². The van der Waals surface area contributed by atoms with Crippen LogP contribution in [0.5, 0.6) is 5.75 Å². The Bertz CT molecular complexity index is 653. The molecule has 144 valence electrons. The molecule has 1 amide bonds. The lowest BCUT2D eigenvalue weighted by atomic mass is 10.2. The minimum Gasteiger partial charge on any atom is -0.491 e. The first-order valence-electron chi connectivity index (χ1n) is 8.19. The van der Waals surface area contributed by atoms with Gasteiger partial charge in [0.1, 0.15) is 11.4 Å². The van der Waals surface area contributed by atoms with Crippen LogP contribution in [0.25, 0.3) is 0 Å². The van der Waals surface area contributed by atoms with Gasteiger partial charge in [0.05, 0.1) is 29.9 Å². The summed E-state index contributed by atoms with van der Waals surface area (Å²) in [4.78, 5) is 33.6. The first kappa shape index (κ1) is 21.2. The second-order valence-electron chi connectivity index (χ2n) is 6.32. The Labute approximate surface area is 151 Å². The molecule has 0 aliphatic carbocycles. The Kier molecular flexibility index (Phi) is 7.82. The van der Waals surface area contributed by atoms with Crippen LogP contribution in [0.1, 0.15) is 40.5 Å². The number of nitrogens with one attached hydrogen (secondary N) is 1. The van der Waals surface area contributed by atoms with E-state index in [1.807, 2.05) is 0 Å². The van der Waals surface area contributed by atoms with E-state index in [0.717, 1.165) is 0 Å². The minimum atomic E-state index is -0.706. The lowest BCUT2D eigenvalue weighted by Gasteiger charge is -2.20. The summed E-state index contributed by atoms with van der Waals surface area (Å²) >= 11 is 0. The van der Waals surface area contributed by atoms with Crippen molar-refractivity contribution in [1.29, 1.82) is 0 Å². The van der Waals surface area contributed by atoms with Crippen LogP contribution in [-0.4, -0.2) is 35.8 Å². The zero-order valence-corrected chi connectivity index (χ0v) is 15.4. The molecule has 0 bridgehead atoms. The van der Waals surface area contributed by atoms with Crippen LogP contribution in [-0.2, 0) is 14.3 Å². The highest BCUT2D eigenvalue weighted by atomic mass is 16.6. The van der Waals surface area contributed by atoms with Crippen molar-refractivity contribution in [2.24, 2.45) is 0 Å². The Balaban J connectivity index is 2.78. The smallest absolute Gasteiger partial charge is 0.412 e. The van der Waals surface area contributed by atoms with Gasteiger partial charge in [-0.05, 0) is 40.2 Å². The maximum Gasteiger partial charge on any atom is 0.412 e.